The van der Waals surface area contributed by atoms with E-state index in [1.54, 1.807) is 6.07 Å². The Kier molecular flexibility index (Phi) is 5.29. The van der Waals surface area contributed by atoms with Crippen molar-refractivity contribution in [3.63, 3.8) is 0 Å². The van der Waals surface area contributed by atoms with Gasteiger partial charge in [-0.3, -0.25) is 9.35 Å². The van der Waals surface area contributed by atoms with Crippen molar-refractivity contribution in [3.05, 3.63) is 35.4 Å². The lowest BCUT2D eigenvalue weighted by Gasteiger charge is -1.99. The van der Waals surface area contributed by atoms with Crippen molar-refractivity contribution >= 4 is 22.0 Å². The highest BCUT2D eigenvalue weighted by atomic mass is 32.2. The summed E-state index contributed by atoms with van der Waals surface area (Å²) in [6.45, 7) is 0. The Balaban J connectivity index is 0.000000437. The molecule has 1 amide bonds. The lowest BCUT2D eigenvalue weighted by atomic mass is 10.1. The molecule has 4 N–H and O–H groups in total. The molecule has 0 fully saturated rings. The molecule has 1 rings (SSSR count). The Bertz CT molecular complexity index is 481. The van der Waals surface area contributed by atoms with Crippen molar-refractivity contribution in [1.29, 1.82) is 0 Å². The summed E-state index contributed by atoms with van der Waals surface area (Å²) in [5.74, 6) is -1.88. The van der Waals surface area contributed by atoms with E-state index in [0.717, 1.165) is 0 Å². The molecule has 0 saturated heterocycles. The lowest BCUT2D eigenvalue weighted by Crippen LogP contribution is -2.15. The van der Waals surface area contributed by atoms with Gasteiger partial charge < -0.3 is 10.8 Å². The molecule has 0 unspecified atom stereocenters. The molecule has 0 spiro atoms. The van der Waals surface area contributed by atoms with Crippen LogP contribution in [0, 0.1) is 0 Å². The molecule has 0 saturated carbocycles. The molecule has 0 heterocycles. The lowest BCUT2D eigenvalue weighted by molar-refractivity contribution is 0.0692. The first kappa shape index (κ1) is 15.1. The first-order valence-electron chi connectivity index (χ1n) is 4.17. The minimum Gasteiger partial charge on any atom is -0.478 e. The van der Waals surface area contributed by atoms with Crippen LogP contribution >= 0.6 is 0 Å². The van der Waals surface area contributed by atoms with Crippen LogP contribution in [-0.4, -0.2) is 36.2 Å². The average Bonchev–Trinajstić information content (AvgIpc) is 2.15. The summed E-state index contributed by atoms with van der Waals surface area (Å²) >= 11 is 0. The zero-order valence-corrected chi connectivity index (χ0v) is 9.64. The van der Waals surface area contributed by atoms with Crippen molar-refractivity contribution in [2.45, 2.75) is 0 Å². The summed E-state index contributed by atoms with van der Waals surface area (Å²) in [6, 6.07) is 5.82. The zero-order valence-electron chi connectivity index (χ0n) is 8.82. The number of carboxylic acids is 1. The molecule has 1 aromatic carbocycles. The second kappa shape index (κ2) is 5.97. The van der Waals surface area contributed by atoms with Gasteiger partial charge in [0.15, 0.2) is 0 Å². The quantitative estimate of drug-likeness (QED) is 0.640. The van der Waals surface area contributed by atoms with Crippen LogP contribution in [0.3, 0.4) is 0 Å². The number of aromatic carboxylic acids is 1. The van der Waals surface area contributed by atoms with Gasteiger partial charge in [0, 0.05) is 0 Å². The van der Waals surface area contributed by atoms with E-state index in [9.17, 15) is 18.0 Å². The second-order valence-corrected chi connectivity index (χ2v) is 4.41. The molecular formula is C9H11NO6S. The molecule has 0 radical (unpaired) electrons. The van der Waals surface area contributed by atoms with Crippen molar-refractivity contribution in [1.82, 2.24) is 0 Å². The summed E-state index contributed by atoms with van der Waals surface area (Å²) < 4.78 is 25.9. The standard InChI is InChI=1S/C8H7NO3.CH4O3S/c9-7(10)5-3-1-2-4-6(5)8(11)12;1-5(2,3)4/h1-4H,(H2,9,10)(H,11,12);1H3,(H,2,3,4). The van der Waals surface area contributed by atoms with Gasteiger partial charge in [0.25, 0.3) is 10.1 Å². The Labute approximate surface area is 97.6 Å². The maximum absolute atomic E-state index is 10.7. The second-order valence-electron chi connectivity index (χ2n) is 2.95. The van der Waals surface area contributed by atoms with Gasteiger partial charge in [0.05, 0.1) is 17.4 Å². The number of rotatable bonds is 2. The van der Waals surface area contributed by atoms with Crippen molar-refractivity contribution in [3.8, 4) is 0 Å². The van der Waals surface area contributed by atoms with E-state index in [0.29, 0.717) is 6.26 Å². The van der Waals surface area contributed by atoms with E-state index in [1.807, 2.05) is 0 Å². The third-order valence-electron chi connectivity index (χ3n) is 1.42. The number of carboxylic acid groups (broad SMARTS) is 1. The van der Waals surface area contributed by atoms with Gasteiger partial charge in [0.1, 0.15) is 0 Å². The normalized spacial score (nSPS) is 10.0. The monoisotopic (exact) mass is 261 g/mol. The van der Waals surface area contributed by atoms with E-state index in [2.05, 4.69) is 0 Å². The molecular weight excluding hydrogens is 250 g/mol. The number of carbonyl (C=O) groups excluding carboxylic acids is 1. The van der Waals surface area contributed by atoms with Crippen LogP contribution in [-0.2, 0) is 10.1 Å². The Morgan fingerprint density at radius 3 is 1.76 bits per heavy atom. The van der Waals surface area contributed by atoms with Crippen molar-refractivity contribution < 1.29 is 27.7 Å². The predicted octanol–water partition coefficient (Wildman–Crippen LogP) is -0.0123. The summed E-state index contributed by atoms with van der Waals surface area (Å²) in [5.41, 5.74) is 4.92. The van der Waals surface area contributed by atoms with Crippen LogP contribution in [0.1, 0.15) is 20.7 Å². The van der Waals surface area contributed by atoms with E-state index >= 15 is 0 Å². The maximum Gasteiger partial charge on any atom is 0.336 e. The average molecular weight is 261 g/mol. The van der Waals surface area contributed by atoms with Gasteiger partial charge in [0.2, 0.25) is 5.91 Å². The molecule has 0 aliphatic heterocycles. The number of benzene rings is 1. The van der Waals surface area contributed by atoms with E-state index in [4.69, 9.17) is 15.4 Å². The minimum absolute atomic E-state index is 0.0324. The van der Waals surface area contributed by atoms with Gasteiger partial charge in [-0.25, -0.2) is 4.79 Å². The third-order valence-corrected chi connectivity index (χ3v) is 1.42. The zero-order chi connectivity index (χ0) is 13.6. The molecule has 17 heavy (non-hydrogen) atoms. The Morgan fingerprint density at radius 2 is 1.53 bits per heavy atom. The first-order chi connectivity index (χ1) is 7.63. The number of hydrogen-bond acceptors (Lipinski definition) is 4. The Hall–Kier alpha value is -1.93. The number of primary amides is 1. The van der Waals surface area contributed by atoms with Crippen molar-refractivity contribution in [2.75, 3.05) is 6.26 Å². The molecule has 7 nitrogen and oxygen atoms in total. The molecule has 0 aliphatic rings. The maximum atomic E-state index is 10.7. The fourth-order valence-electron chi connectivity index (χ4n) is 0.884. The van der Waals surface area contributed by atoms with Gasteiger partial charge in [-0.2, -0.15) is 8.42 Å². The molecule has 8 heteroatoms. The van der Waals surface area contributed by atoms with E-state index in [-0.39, 0.29) is 11.1 Å². The van der Waals surface area contributed by atoms with Crippen LogP contribution in [0.25, 0.3) is 0 Å². The topological polar surface area (TPSA) is 135 Å². The van der Waals surface area contributed by atoms with Crippen LogP contribution in [0.4, 0.5) is 0 Å². The summed E-state index contributed by atoms with van der Waals surface area (Å²) in [4.78, 5) is 21.2. The third kappa shape index (κ3) is 7.03. The van der Waals surface area contributed by atoms with E-state index in [1.165, 1.54) is 18.2 Å². The number of carbonyl (C=O) groups is 2. The number of hydrogen-bond donors (Lipinski definition) is 3. The molecule has 0 bridgehead atoms. The number of nitrogens with two attached hydrogens (primary N) is 1. The number of amides is 1. The van der Waals surface area contributed by atoms with Crippen LogP contribution < -0.4 is 5.73 Å². The van der Waals surface area contributed by atoms with Gasteiger partial charge >= 0.3 is 5.97 Å². The van der Waals surface area contributed by atoms with Crippen LogP contribution in [0.2, 0.25) is 0 Å². The SMILES string of the molecule is CS(=O)(=O)O.NC(=O)c1ccccc1C(=O)O. The Morgan fingerprint density at radius 1 is 1.18 bits per heavy atom. The highest BCUT2D eigenvalue weighted by Crippen LogP contribution is 2.06. The molecule has 94 valence electrons. The largest absolute Gasteiger partial charge is 0.478 e. The summed E-state index contributed by atoms with van der Waals surface area (Å²) in [5, 5.41) is 8.61. The van der Waals surface area contributed by atoms with Gasteiger partial charge in [-0.15, -0.1) is 0 Å². The van der Waals surface area contributed by atoms with Crippen LogP contribution in [0.5, 0.6) is 0 Å². The van der Waals surface area contributed by atoms with Crippen molar-refractivity contribution in [2.24, 2.45) is 5.73 Å². The van der Waals surface area contributed by atoms with E-state index < -0.39 is 22.0 Å². The summed E-state index contributed by atoms with van der Waals surface area (Å²) in [7, 11) is -3.67. The summed E-state index contributed by atoms with van der Waals surface area (Å²) in [6.07, 6.45) is 0.715. The van der Waals surface area contributed by atoms with Crippen LogP contribution in [0.15, 0.2) is 24.3 Å². The fourth-order valence-corrected chi connectivity index (χ4v) is 0.884. The molecule has 0 atom stereocenters. The smallest absolute Gasteiger partial charge is 0.336 e. The fraction of sp³-hybridized carbons (Fsp3) is 0.111. The van der Waals surface area contributed by atoms with Gasteiger partial charge in [-0.1, -0.05) is 12.1 Å². The predicted molar refractivity (Wildman–Crippen MR) is 59.4 cm³/mol. The highest BCUT2D eigenvalue weighted by molar-refractivity contribution is 7.85. The molecule has 0 aliphatic carbocycles. The molecule has 0 aromatic heterocycles. The first-order valence-corrected chi connectivity index (χ1v) is 6.02. The molecule has 1 aromatic rings. The van der Waals surface area contributed by atoms with Gasteiger partial charge in [-0.05, 0) is 12.1 Å². The highest BCUT2D eigenvalue weighted by Gasteiger charge is 2.11. The minimum atomic E-state index is -3.67.